The van der Waals surface area contributed by atoms with Crippen molar-refractivity contribution in [2.45, 2.75) is 26.0 Å². The van der Waals surface area contributed by atoms with Crippen molar-refractivity contribution in [2.24, 2.45) is 0 Å². The van der Waals surface area contributed by atoms with E-state index in [9.17, 15) is 18.4 Å². The lowest BCUT2D eigenvalue weighted by Crippen LogP contribution is -2.31. The van der Waals surface area contributed by atoms with Crippen molar-refractivity contribution in [3.05, 3.63) is 70.5 Å². The van der Waals surface area contributed by atoms with Gasteiger partial charge in [-0.2, -0.15) is 0 Å². The molecule has 0 saturated carbocycles. The van der Waals surface area contributed by atoms with E-state index in [4.69, 9.17) is 22.4 Å². The van der Waals surface area contributed by atoms with Crippen molar-refractivity contribution < 1.29 is 23.5 Å². The number of nitrogens with one attached hydrogen (secondary N) is 2. The van der Waals surface area contributed by atoms with Gasteiger partial charge in [0, 0.05) is 30.4 Å². The van der Waals surface area contributed by atoms with Crippen molar-refractivity contribution in [1.82, 2.24) is 15.3 Å². The molecule has 0 aliphatic heterocycles. The number of aliphatic hydroxyl groups excluding tert-OH is 1. The molecule has 0 radical (unpaired) electrons. The number of anilines is 2. The molecule has 11 heteroatoms. The van der Waals surface area contributed by atoms with Crippen LogP contribution in [0.5, 0.6) is 0 Å². The molecule has 0 bridgehead atoms. The summed E-state index contributed by atoms with van der Waals surface area (Å²) < 4.78 is 24.9. The zero-order chi connectivity index (χ0) is 25.4. The lowest BCUT2D eigenvalue weighted by molar-refractivity contribution is -0.115. The Bertz CT molecular complexity index is 1160. The fourth-order valence-corrected chi connectivity index (χ4v) is 3.01. The van der Waals surface area contributed by atoms with Crippen molar-refractivity contribution in [3.63, 3.8) is 0 Å². The molecule has 1 heterocycles. The minimum atomic E-state index is -1.46. The first-order valence-corrected chi connectivity index (χ1v) is 10.4. The lowest BCUT2D eigenvalue weighted by atomic mass is 10.1. The maximum Gasteiger partial charge on any atom is 0.273 e. The number of nitrogens with two attached hydrogens (primary N) is 1. The van der Waals surface area contributed by atoms with Crippen LogP contribution in [0, 0.1) is 11.6 Å². The maximum absolute atomic E-state index is 12.5. The number of hydrogen-bond acceptors (Lipinski definition) is 7. The van der Waals surface area contributed by atoms with Crippen LogP contribution in [0.3, 0.4) is 0 Å². The summed E-state index contributed by atoms with van der Waals surface area (Å²) in [7, 11) is 1.81. The van der Waals surface area contributed by atoms with Gasteiger partial charge in [-0.3, -0.25) is 4.79 Å². The number of aromatic nitrogens is 2. The minimum Gasteiger partial charge on any atom is -0.388 e. The Morgan fingerprint density at radius 3 is 2.35 bits per heavy atom. The van der Waals surface area contributed by atoms with Gasteiger partial charge in [0.05, 0.1) is 16.9 Å². The van der Waals surface area contributed by atoms with Crippen molar-refractivity contribution in [1.29, 1.82) is 0 Å². The second-order valence-electron chi connectivity index (χ2n) is 7.35. The third-order valence-electron chi connectivity index (χ3n) is 4.32. The molecular formula is C23H24ClF2N5O3. The molecule has 0 spiro atoms. The molecule has 0 fully saturated rings. The van der Waals surface area contributed by atoms with Crippen molar-refractivity contribution in [2.75, 3.05) is 18.1 Å². The predicted molar refractivity (Wildman–Crippen MR) is 126 cm³/mol. The highest BCUT2D eigenvalue weighted by Crippen LogP contribution is 2.29. The Morgan fingerprint density at radius 1 is 1.18 bits per heavy atom. The fourth-order valence-electron chi connectivity index (χ4n) is 2.73. The number of aldehydes is 1. The number of carbonyl (C=O) groups excluding carboxylic acids is 2. The molecule has 1 unspecified atom stereocenters. The third kappa shape index (κ3) is 7.19. The van der Waals surface area contributed by atoms with Crippen molar-refractivity contribution in [3.8, 4) is 11.3 Å². The summed E-state index contributed by atoms with van der Waals surface area (Å²) in [5.74, 6) is -1.90. The van der Waals surface area contributed by atoms with Gasteiger partial charge in [0.15, 0.2) is 17.8 Å². The number of rotatable bonds is 6. The molecule has 0 aliphatic carbocycles. The number of amides is 1. The van der Waals surface area contributed by atoms with Gasteiger partial charge < -0.3 is 26.3 Å². The van der Waals surface area contributed by atoms with E-state index in [1.165, 1.54) is 6.20 Å². The van der Waals surface area contributed by atoms with Crippen LogP contribution in [-0.4, -0.2) is 40.4 Å². The third-order valence-corrected chi connectivity index (χ3v) is 4.64. The molecule has 8 nitrogen and oxygen atoms in total. The zero-order valence-electron chi connectivity index (χ0n) is 18.6. The predicted octanol–water partition coefficient (Wildman–Crippen LogP) is 3.76. The topological polar surface area (TPSA) is 130 Å². The van der Waals surface area contributed by atoms with Gasteiger partial charge in [-0.25, -0.2) is 18.7 Å². The molecule has 1 amide bonds. The Labute approximate surface area is 200 Å². The number of hydrogen-bond donors (Lipinski definition) is 4. The van der Waals surface area contributed by atoms with E-state index in [0.717, 1.165) is 17.8 Å². The van der Waals surface area contributed by atoms with Crippen LogP contribution in [0.4, 0.5) is 20.3 Å². The van der Waals surface area contributed by atoms with Crippen LogP contribution in [0.15, 0.2) is 42.6 Å². The summed E-state index contributed by atoms with van der Waals surface area (Å²) >= 11 is 6.26. The van der Waals surface area contributed by atoms with Gasteiger partial charge in [-0.15, -0.1) is 0 Å². The average molecular weight is 492 g/mol. The second kappa shape index (κ2) is 12.0. The quantitative estimate of drug-likeness (QED) is 0.386. The fraction of sp³-hybridized carbons (Fsp3) is 0.217. The highest BCUT2D eigenvalue weighted by Gasteiger charge is 2.16. The first kappa shape index (κ1) is 26.6. The largest absolute Gasteiger partial charge is 0.388 e. The van der Waals surface area contributed by atoms with Crippen molar-refractivity contribution >= 4 is 35.3 Å². The Balaban J connectivity index is 0.000000287. The Hall–Kier alpha value is -3.63. The van der Waals surface area contributed by atoms with Gasteiger partial charge in [-0.1, -0.05) is 11.6 Å². The van der Waals surface area contributed by atoms with E-state index in [2.05, 4.69) is 20.6 Å². The van der Waals surface area contributed by atoms with Crippen LogP contribution in [0.25, 0.3) is 11.3 Å². The summed E-state index contributed by atoms with van der Waals surface area (Å²) in [6.07, 6.45) is 0.242. The molecule has 5 N–H and O–H groups in total. The first-order chi connectivity index (χ1) is 16.0. The van der Waals surface area contributed by atoms with E-state index in [1.54, 1.807) is 6.07 Å². The highest BCUT2D eigenvalue weighted by molar-refractivity contribution is 6.33. The summed E-state index contributed by atoms with van der Waals surface area (Å²) in [5, 5.41) is 15.1. The van der Waals surface area contributed by atoms with Gasteiger partial charge in [-0.05, 0) is 49.7 Å². The second-order valence-corrected chi connectivity index (χ2v) is 7.75. The maximum atomic E-state index is 12.5. The van der Waals surface area contributed by atoms with E-state index in [-0.39, 0.29) is 35.3 Å². The Morgan fingerprint density at radius 2 is 1.82 bits per heavy atom. The summed E-state index contributed by atoms with van der Waals surface area (Å²) in [5.41, 5.74) is 7.83. The molecule has 34 heavy (non-hydrogen) atoms. The van der Waals surface area contributed by atoms with E-state index < -0.39 is 17.7 Å². The van der Waals surface area contributed by atoms with Gasteiger partial charge in [0.1, 0.15) is 17.7 Å². The van der Waals surface area contributed by atoms with E-state index in [0.29, 0.717) is 22.3 Å². The molecular weight excluding hydrogens is 468 g/mol. The van der Waals surface area contributed by atoms with E-state index in [1.807, 2.05) is 33.0 Å². The molecule has 2 aromatic carbocycles. The van der Waals surface area contributed by atoms with Gasteiger partial charge in [0.25, 0.3) is 5.91 Å². The summed E-state index contributed by atoms with van der Waals surface area (Å²) in [6.45, 7) is 3.72. The smallest absolute Gasteiger partial charge is 0.273 e. The van der Waals surface area contributed by atoms with E-state index >= 15 is 0 Å². The average Bonchev–Trinajstić information content (AvgIpc) is 2.78. The van der Waals surface area contributed by atoms with Crippen LogP contribution < -0.4 is 16.4 Å². The zero-order valence-corrected chi connectivity index (χ0v) is 19.4. The molecule has 0 aliphatic rings. The minimum absolute atomic E-state index is 0.0177. The number of nitrogens with zero attached hydrogens (tertiary/aromatic N) is 2. The van der Waals surface area contributed by atoms with Crippen LogP contribution >= 0.6 is 11.6 Å². The number of halogens is 3. The lowest BCUT2D eigenvalue weighted by Gasteiger charge is -2.11. The SMILES string of the molecule is CNc1ccc(-c2cnc(N)c(C(=O)NC(C)C)n2)c(Cl)c1.O=CC(O)c1cc(F)cc(F)c1. The standard InChI is InChI=1S/C15H18ClN5O.C8H6F2O2/c1-8(2)20-15(22)13-14(17)19-7-12(21-13)10-5-4-9(18-3)6-11(10)16;9-6-1-5(8(12)4-11)2-7(10)3-6/h4-8,18H,1-3H3,(H2,17,19)(H,20,22);1-4,8,12H. The number of nitrogen functional groups attached to an aromatic ring is 1. The van der Waals surface area contributed by atoms with Crippen LogP contribution in [0.2, 0.25) is 5.02 Å². The summed E-state index contributed by atoms with van der Waals surface area (Å²) in [6, 6.07) is 7.93. The molecule has 1 aromatic heterocycles. The summed E-state index contributed by atoms with van der Waals surface area (Å²) in [4.78, 5) is 30.5. The number of carbonyl (C=O) groups is 2. The highest BCUT2D eigenvalue weighted by atomic mass is 35.5. The monoisotopic (exact) mass is 491 g/mol. The molecule has 180 valence electrons. The van der Waals surface area contributed by atoms with Crippen LogP contribution in [0.1, 0.15) is 36.0 Å². The number of benzene rings is 2. The molecule has 0 saturated heterocycles. The van der Waals surface area contributed by atoms with Gasteiger partial charge in [0.2, 0.25) is 0 Å². The molecule has 1 atom stereocenters. The van der Waals surface area contributed by atoms with Gasteiger partial charge >= 0.3 is 0 Å². The normalized spacial score (nSPS) is 11.3. The first-order valence-electron chi connectivity index (χ1n) is 10.1. The van der Waals surface area contributed by atoms with Crippen LogP contribution in [-0.2, 0) is 4.79 Å². The molecule has 3 rings (SSSR count). The molecule has 3 aromatic rings. The Kier molecular flexibility index (Phi) is 9.40. The number of aliphatic hydroxyl groups is 1.